The van der Waals surface area contributed by atoms with Crippen molar-refractivity contribution >= 4 is 28.8 Å². The van der Waals surface area contributed by atoms with Crippen LogP contribution in [0.2, 0.25) is 0 Å². The van der Waals surface area contributed by atoms with Gasteiger partial charge >= 0.3 is 21.7 Å². The van der Waals surface area contributed by atoms with E-state index in [0.29, 0.717) is 0 Å². The molecule has 59 heavy (non-hydrogen) atoms. The SMILES string of the molecule is Cc1cc(C)c([Si](c2c(C)cc(C)cc2Cc2ccccc2)(c2c(C)cc(C)cc2Cc2ccccc2)c2c(C)c(C)c(C)[c-]2C)c(Cc2ccccc2)c1.[Cl-].[Cl-].[Cl-].[Ti+4]. The van der Waals surface area contributed by atoms with E-state index in [1.165, 1.54) is 89.0 Å². The molecule has 0 spiro atoms. The molecule has 0 heterocycles. The second kappa shape index (κ2) is 20.8. The van der Waals surface area contributed by atoms with Crippen molar-refractivity contribution in [3.63, 3.8) is 0 Å². The average Bonchev–Trinajstić information content (AvgIpc) is 3.33. The van der Waals surface area contributed by atoms with Crippen LogP contribution in [-0.2, 0) is 41.0 Å². The normalized spacial score (nSPS) is 10.9. The minimum absolute atomic E-state index is 0. The van der Waals surface area contributed by atoms with Crippen LogP contribution in [0.25, 0.3) is 0 Å². The fourth-order valence-corrected chi connectivity index (χ4v) is 17.1. The maximum absolute atomic E-state index is 3.20. The van der Waals surface area contributed by atoms with Crippen molar-refractivity contribution in [3.05, 3.63) is 216 Å². The van der Waals surface area contributed by atoms with Gasteiger partial charge in [-0.2, -0.15) is 27.4 Å². The van der Waals surface area contributed by atoms with Crippen molar-refractivity contribution in [2.24, 2.45) is 0 Å². The molecule has 7 aromatic rings. The van der Waals surface area contributed by atoms with E-state index in [-0.39, 0.29) is 58.9 Å². The molecule has 0 fully saturated rings. The molecule has 0 amide bonds. The van der Waals surface area contributed by atoms with Crippen molar-refractivity contribution in [2.45, 2.75) is 88.5 Å². The molecule has 0 saturated carbocycles. The van der Waals surface area contributed by atoms with Gasteiger partial charge in [-0.1, -0.05) is 188 Å². The zero-order valence-electron chi connectivity index (χ0n) is 36.4. The quantitative estimate of drug-likeness (QED) is 0.112. The van der Waals surface area contributed by atoms with Gasteiger partial charge in [0.2, 0.25) is 0 Å². The molecule has 0 aliphatic carbocycles. The minimum Gasteiger partial charge on any atom is -1.00 e. The van der Waals surface area contributed by atoms with E-state index >= 15 is 0 Å². The summed E-state index contributed by atoms with van der Waals surface area (Å²) >= 11 is 0. The van der Waals surface area contributed by atoms with Crippen LogP contribution in [0.4, 0.5) is 0 Å². The number of benzene rings is 6. The van der Waals surface area contributed by atoms with Gasteiger partial charge in [-0.25, -0.2) is 0 Å². The maximum Gasteiger partial charge on any atom is 4.00 e. The van der Waals surface area contributed by atoms with Crippen LogP contribution in [0.3, 0.4) is 0 Å². The van der Waals surface area contributed by atoms with Crippen LogP contribution in [0.5, 0.6) is 0 Å². The molecule has 0 aliphatic heterocycles. The van der Waals surface area contributed by atoms with Crippen molar-refractivity contribution in [1.82, 2.24) is 0 Å². The maximum atomic E-state index is 2.53. The van der Waals surface area contributed by atoms with E-state index < -0.39 is 8.07 Å². The van der Waals surface area contributed by atoms with Gasteiger partial charge < -0.3 is 37.2 Å². The van der Waals surface area contributed by atoms with E-state index in [1.54, 1.807) is 20.7 Å². The minimum atomic E-state index is -3.20. The fraction of sp³-hybridized carbons (Fsp3) is 0.241. The molecule has 7 aromatic carbocycles. The largest absolute Gasteiger partial charge is 4.00 e. The van der Waals surface area contributed by atoms with Gasteiger partial charge in [0.25, 0.3) is 0 Å². The zero-order chi connectivity index (χ0) is 39.0. The Labute approximate surface area is 389 Å². The monoisotopic (exact) mass is 886 g/mol. The van der Waals surface area contributed by atoms with Gasteiger partial charge in [-0.05, 0) is 110 Å². The summed E-state index contributed by atoms with van der Waals surface area (Å²) < 4.78 is 0. The summed E-state index contributed by atoms with van der Waals surface area (Å²) in [5, 5.41) is 6.30. The van der Waals surface area contributed by atoms with Gasteiger partial charge in [-0.3, -0.25) is 0 Å². The molecule has 0 saturated heterocycles. The third-order valence-electron chi connectivity index (χ3n) is 12.3. The standard InChI is InChI=1S/C54H57Si.3ClH.Ti/c1-35-26-38(4)51(48(29-35)32-45-20-14-11-15-21-45)55(54-43(9)41(7)42(8)44(54)10,52-39(5)27-36(2)30-49(52)33-46-22-16-12-17-23-46)53-40(6)28-37(3)31-50(53)34-47-24-18-13-19-25-47;;;;/h11-31H,32-34H2,1-10H3;3*1H;/q-1;;;;+4/p-3. The van der Waals surface area contributed by atoms with Crippen molar-refractivity contribution in [2.75, 3.05) is 0 Å². The summed E-state index contributed by atoms with van der Waals surface area (Å²) in [5.74, 6) is 0. The molecule has 0 bridgehead atoms. The first-order valence-corrected chi connectivity index (χ1v) is 22.1. The van der Waals surface area contributed by atoms with E-state index in [4.69, 9.17) is 0 Å². The van der Waals surface area contributed by atoms with Gasteiger partial charge in [0.1, 0.15) is 0 Å². The predicted molar refractivity (Wildman–Crippen MR) is 241 cm³/mol. The van der Waals surface area contributed by atoms with E-state index in [0.717, 1.165) is 19.3 Å². The third-order valence-corrected chi connectivity index (χ3v) is 18.2. The van der Waals surface area contributed by atoms with Gasteiger partial charge in [-0.15, -0.1) is 0 Å². The van der Waals surface area contributed by atoms with Crippen molar-refractivity contribution in [3.8, 4) is 0 Å². The predicted octanol–water partition coefficient (Wildman–Crippen LogP) is 1.65. The molecule has 7 rings (SSSR count). The van der Waals surface area contributed by atoms with Crippen molar-refractivity contribution < 1.29 is 58.9 Å². The van der Waals surface area contributed by atoms with Crippen LogP contribution in [0.15, 0.2) is 127 Å². The molecule has 0 nitrogen and oxygen atoms in total. The molecule has 0 N–H and O–H groups in total. The topological polar surface area (TPSA) is 0 Å². The molecule has 0 atom stereocenters. The number of halogens is 3. The molecule has 5 heteroatoms. The first-order chi connectivity index (χ1) is 26.4. The van der Waals surface area contributed by atoms with Gasteiger partial charge in [0.15, 0.2) is 8.07 Å². The molecule has 302 valence electrons. The van der Waals surface area contributed by atoms with E-state index in [2.05, 4.69) is 197 Å². The Bertz CT molecular complexity index is 2240. The fourth-order valence-electron chi connectivity index (χ4n) is 10.2. The Morgan fingerprint density at radius 1 is 0.407 bits per heavy atom. The Balaban J connectivity index is 0.00000233. The summed E-state index contributed by atoms with van der Waals surface area (Å²) in [4.78, 5) is 0. The Morgan fingerprint density at radius 2 is 0.695 bits per heavy atom. The molecular weight excluding hydrogens is 831 g/mol. The summed E-state index contributed by atoms with van der Waals surface area (Å²) in [6.07, 6.45) is 2.67. The molecule has 0 aromatic heterocycles. The second-order valence-corrected chi connectivity index (χ2v) is 20.0. The first-order valence-electron chi connectivity index (χ1n) is 20.1. The number of aryl methyl sites for hydroxylation is 6. The first kappa shape index (κ1) is 49.8. The Hall–Kier alpha value is -3.53. The van der Waals surface area contributed by atoms with E-state index in [9.17, 15) is 0 Å². The van der Waals surface area contributed by atoms with Gasteiger partial charge in [0.05, 0.1) is 0 Å². The second-order valence-electron chi connectivity index (χ2n) is 16.5. The van der Waals surface area contributed by atoms with Crippen LogP contribution in [0, 0.1) is 69.2 Å². The molecule has 0 unspecified atom stereocenters. The van der Waals surface area contributed by atoms with Crippen LogP contribution < -0.4 is 58.0 Å². The number of rotatable bonds is 10. The molecule has 0 aliphatic rings. The van der Waals surface area contributed by atoms with Gasteiger partial charge in [0, 0.05) is 0 Å². The smallest absolute Gasteiger partial charge is 1.00 e. The van der Waals surface area contributed by atoms with Crippen LogP contribution in [0.1, 0.15) is 89.0 Å². The molecule has 0 radical (unpaired) electrons. The Morgan fingerprint density at radius 3 is 0.949 bits per heavy atom. The molecular formula is C54H57Cl3SiTi. The Kier molecular flexibility index (Phi) is 17.6. The number of hydrogen-bond donors (Lipinski definition) is 0. The summed E-state index contributed by atoms with van der Waals surface area (Å²) in [7, 11) is -3.20. The summed E-state index contributed by atoms with van der Waals surface area (Å²) in [6.45, 7) is 23.8. The van der Waals surface area contributed by atoms with Crippen LogP contribution in [-0.4, -0.2) is 8.07 Å². The van der Waals surface area contributed by atoms with E-state index in [1.807, 2.05) is 0 Å². The third kappa shape index (κ3) is 9.68. The summed E-state index contributed by atoms with van der Waals surface area (Å²) in [5.41, 5.74) is 22.4. The average molecular weight is 888 g/mol. The van der Waals surface area contributed by atoms with Crippen LogP contribution >= 0.6 is 0 Å². The number of hydrogen-bond acceptors (Lipinski definition) is 0. The summed E-state index contributed by atoms with van der Waals surface area (Å²) in [6, 6.07) is 48.6. The van der Waals surface area contributed by atoms with Crippen molar-refractivity contribution in [1.29, 1.82) is 0 Å². The zero-order valence-corrected chi connectivity index (χ0v) is 41.2.